The molecule has 1 amide bonds. The lowest BCUT2D eigenvalue weighted by Crippen LogP contribution is -2.38. The van der Waals surface area contributed by atoms with Crippen LogP contribution >= 0.6 is 0 Å². The van der Waals surface area contributed by atoms with Crippen LogP contribution in [0, 0.1) is 0 Å². The van der Waals surface area contributed by atoms with Gasteiger partial charge in [-0.25, -0.2) is 4.79 Å². The summed E-state index contributed by atoms with van der Waals surface area (Å²) in [5.41, 5.74) is -0.477. The maximum atomic E-state index is 12.1. The highest BCUT2D eigenvalue weighted by atomic mass is 16.6. The number of hydrogen-bond acceptors (Lipinski definition) is 4. The maximum Gasteiger partial charge on any atom is 0.410 e. The van der Waals surface area contributed by atoms with Crippen LogP contribution in [0.3, 0.4) is 0 Å². The van der Waals surface area contributed by atoms with Gasteiger partial charge in [0.05, 0.1) is 12.2 Å². The molecule has 0 aromatic heterocycles. The molecule has 2 atom stereocenters. The van der Waals surface area contributed by atoms with E-state index in [0.29, 0.717) is 25.9 Å². The Morgan fingerprint density at radius 3 is 1.85 bits per heavy atom. The molecule has 1 rings (SSSR count). The van der Waals surface area contributed by atoms with Crippen LogP contribution in [-0.4, -0.2) is 52.1 Å². The molecule has 1 aliphatic heterocycles. The molecule has 1 heterocycles. The molecule has 0 spiro atoms. The lowest BCUT2D eigenvalue weighted by Gasteiger charge is -2.27. The van der Waals surface area contributed by atoms with Crippen LogP contribution < -0.4 is 0 Å². The van der Waals surface area contributed by atoms with E-state index < -0.39 is 17.8 Å². The number of ether oxygens (including phenoxy) is 1. The normalized spacial score (nSPS) is 26.8. The average molecular weight is 287 g/mol. The quantitative estimate of drug-likeness (QED) is 0.717. The van der Waals surface area contributed by atoms with Crippen LogP contribution in [0.15, 0.2) is 0 Å². The molecule has 0 saturated carbocycles. The predicted octanol–water partition coefficient (Wildman–Crippen LogP) is 2.30. The van der Waals surface area contributed by atoms with E-state index in [0.717, 1.165) is 25.7 Å². The van der Waals surface area contributed by atoms with Gasteiger partial charge >= 0.3 is 6.09 Å². The zero-order valence-corrected chi connectivity index (χ0v) is 13.0. The van der Waals surface area contributed by atoms with E-state index in [9.17, 15) is 15.0 Å². The minimum atomic E-state index is -0.636. The van der Waals surface area contributed by atoms with Gasteiger partial charge in [0.15, 0.2) is 0 Å². The van der Waals surface area contributed by atoms with Gasteiger partial charge in [-0.2, -0.15) is 0 Å². The molecular weight excluding hydrogens is 258 g/mol. The number of aliphatic hydroxyl groups is 2. The third-order valence-corrected chi connectivity index (χ3v) is 3.45. The summed E-state index contributed by atoms with van der Waals surface area (Å²) >= 11 is 0. The summed E-state index contributed by atoms with van der Waals surface area (Å²) in [4.78, 5) is 13.8. The second-order valence-corrected chi connectivity index (χ2v) is 6.59. The van der Waals surface area contributed by atoms with Gasteiger partial charge in [0, 0.05) is 13.1 Å². The lowest BCUT2D eigenvalue weighted by molar-refractivity contribution is 0.00782. The SMILES string of the molecule is CC(C)(C)OC(=O)N1CCCC[C@H](O)[C@@H](O)CCCC1. The van der Waals surface area contributed by atoms with Gasteiger partial charge in [-0.1, -0.05) is 0 Å². The summed E-state index contributed by atoms with van der Waals surface area (Å²) in [6.07, 6.45) is 2.89. The number of carbonyl (C=O) groups is 1. The second kappa shape index (κ2) is 7.84. The standard InChI is InChI=1S/C15H29NO4/c1-15(2,3)20-14(19)16-10-6-4-8-12(17)13(18)9-5-7-11-16/h12-13,17-18H,4-11H2,1-3H3/t12-,13-/m0/s1. The van der Waals surface area contributed by atoms with E-state index in [4.69, 9.17) is 4.74 Å². The van der Waals surface area contributed by atoms with Crippen LogP contribution in [0.25, 0.3) is 0 Å². The molecule has 1 fully saturated rings. The largest absolute Gasteiger partial charge is 0.444 e. The van der Waals surface area contributed by atoms with Crippen molar-refractivity contribution in [3.05, 3.63) is 0 Å². The second-order valence-electron chi connectivity index (χ2n) is 6.59. The summed E-state index contributed by atoms with van der Waals surface area (Å²) < 4.78 is 5.41. The fraction of sp³-hybridized carbons (Fsp3) is 0.933. The molecular formula is C15H29NO4. The minimum Gasteiger partial charge on any atom is -0.444 e. The van der Waals surface area contributed by atoms with E-state index in [-0.39, 0.29) is 6.09 Å². The third kappa shape index (κ3) is 6.57. The Bertz CT molecular complexity index is 285. The van der Waals surface area contributed by atoms with E-state index in [2.05, 4.69) is 0 Å². The summed E-state index contributed by atoms with van der Waals surface area (Å²) in [6, 6.07) is 0. The zero-order valence-electron chi connectivity index (χ0n) is 13.0. The Morgan fingerprint density at radius 2 is 1.45 bits per heavy atom. The lowest BCUT2D eigenvalue weighted by atomic mass is 10.0. The van der Waals surface area contributed by atoms with Gasteiger partial charge < -0.3 is 19.8 Å². The van der Waals surface area contributed by atoms with E-state index in [1.165, 1.54) is 0 Å². The van der Waals surface area contributed by atoms with Crippen molar-refractivity contribution in [2.45, 2.75) is 77.1 Å². The third-order valence-electron chi connectivity index (χ3n) is 3.45. The number of aliphatic hydroxyl groups excluding tert-OH is 2. The van der Waals surface area contributed by atoms with Gasteiger partial charge in [0.25, 0.3) is 0 Å². The molecule has 0 bridgehead atoms. The molecule has 5 heteroatoms. The number of carbonyl (C=O) groups excluding carboxylic acids is 1. The molecule has 0 radical (unpaired) electrons. The first-order valence-electron chi connectivity index (χ1n) is 7.63. The minimum absolute atomic E-state index is 0.266. The topological polar surface area (TPSA) is 70.0 Å². The van der Waals surface area contributed by atoms with Crippen molar-refractivity contribution in [2.75, 3.05) is 13.1 Å². The average Bonchev–Trinajstić information content (AvgIpc) is 2.36. The molecule has 0 aromatic rings. The van der Waals surface area contributed by atoms with Crippen LogP contribution in [0.4, 0.5) is 4.79 Å². The van der Waals surface area contributed by atoms with Crippen LogP contribution in [-0.2, 0) is 4.74 Å². The highest BCUT2D eigenvalue weighted by molar-refractivity contribution is 5.68. The van der Waals surface area contributed by atoms with Crippen molar-refractivity contribution in [2.24, 2.45) is 0 Å². The molecule has 0 unspecified atom stereocenters. The maximum absolute atomic E-state index is 12.1. The number of hydrogen-bond donors (Lipinski definition) is 2. The van der Waals surface area contributed by atoms with E-state index in [1.807, 2.05) is 20.8 Å². The molecule has 2 N–H and O–H groups in total. The van der Waals surface area contributed by atoms with Crippen molar-refractivity contribution in [1.29, 1.82) is 0 Å². The summed E-state index contributed by atoms with van der Waals surface area (Å²) in [5, 5.41) is 19.5. The first-order valence-corrected chi connectivity index (χ1v) is 7.63. The summed E-state index contributed by atoms with van der Waals surface area (Å²) in [6.45, 7) is 6.90. The molecule has 1 aliphatic rings. The van der Waals surface area contributed by atoms with Gasteiger partial charge in [0.1, 0.15) is 5.60 Å². The Morgan fingerprint density at radius 1 is 1.00 bits per heavy atom. The predicted molar refractivity (Wildman–Crippen MR) is 77.5 cm³/mol. The summed E-state index contributed by atoms with van der Waals surface area (Å²) in [5.74, 6) is 0. The number of nitrogens with zero attached hydrogens (tertiary/aromatic N) is 1. The van der Waals surface area contributed by atoms with Gasteiger partial charge in [0.2, 0.25) is 0 Å². The Hall–Kier alpha value is -0.810. The highest BCUT2D eigenvalue weighted by Crippen LogP contribution is 2.16. The Labute approximate surface area is 121 Å². The fourth-order valence-electron chi connectivity index (χ4n) is 2.32. The van der Waals surface area contributed by atoms with Crippen molar-refractivity contribution in [3.8, 4) is 0 Å². The van der Waals surface area contributed by atoms with Crippen molar-refractivity contribution < 1.29 is 19.7 Å². The van der Waals surface area contributed by atoms with Gasteiger partial charge in [-0.3, -0.25) is 0 Å². The molecule has 1 saturated heterocycles. The van der Waals surface area contributed by atoms with Gasteiger partial charge in [-0.05, 0) is 59.3 Å². The fourth-order valence-corrected chi connectivity index (χ4v) is 2.32. The molecule has 5 nitrogen and oxygen atoms in total. The van der Waals surface area contributed by atoms with Crippen LogP contribution in [0.2, 0.25) is 0 Å². The molecule has 0 aliphatic carbocycles. The highest BCUT2D eigenvalue weighted by Gasteiger charge is 2.23. The first kappa shape index (κ1) is 17.2. The van der Waals surface area contributed by atoms with Crippen molar-refractivity contribution in [3.63, 3.8) is 0 Å². The van der Waals surface area contributed by atoms with Crippen LogP contribution in [0.1, 0.15) is 59.3 Å². The number of amides is 1. The smallest absolute Gasteiger partial charge is 0.410 e. The molecule has 0 aromatic carbocycles. The molecule has 20 heavy (non-hydrogen) atoms. The Kier molecular flexibility index (Phi) is 6.76. The Balaban J connectivity index is 2.53. The van der Waals surface area contributed by atoms with E-state index in [1.54, 1.807) is 4.90 Å². The molecule has 118 valence electrons. The van der Waals surface area contributed by atoms with Gasteiger partial charge in [-0.15, -0.1) is 0 Å². The van der Waals surface area contributed by atoms with Crippen LogP contribution in [0.5, 0.6) is 0 Å². The van der Waals surface area contributed by atoms with E-state index >= 15 is 0 Å². The summed E-state index contributed by atoms with van der Waals surface area (Å²) in [7, 11) is 0. The van der Waals surface area contributed by atoms with Crippen molar-refractivity contribution >= 4 is 6.09 Å². The zero-order chi connectivity index (χ0) is 15.2. The monoisotopic (exact) mass is 287 g/mol. The van der Waals surface area contributed by atoms with Crippen molar-refractivity contribution in [1.82, 2.24) is 4.90 Å². The first-order chi connectivity index (χ1) is 9.29. The number of rotatable bonds is 0.